The topological polar surface area (TPSA) is 58.1 Å². The molecule has 1 aliphatic heterocycles. The fourth-order valence-corrected chi connectivity index (χ4v) is 6.10. The maximum Gasteiger partial charge on any atom is 0.225 e. The minimum atomic E-state index is 0.0956. The largest absolute Gasteiger partial charge is 0.355 e. The molecular formula is C22H28N4OS. The van der Waals surface area contributed by atoms with E-state index in [1.165, 1.54) is 52.8 Å². The van der Waals surface area contributed by atoms with E-state index in [0.717, 1.165) is 56.8 Å². The highest BCUT2D eigenvalue weighted by Gasteiger charge is 2.34. The Morgan fingerprint density at radius 2 is 1.89 bits per heavy atom. The van der Waals surface area contributed by atoms with E-state index in [-0.39, 0.29) is 11.8 Å². The quantitative estimate of drug-likeness (QED) is 0.850. The third kappa shape index (κ3) is 3.10. The Balaban J connectivity index is 1.38. The molecule has 2 saturated carbocycles. The Bertz CT molecular complexity index is 930. The normalized spacial score (nSPS) is 25.0. The average Bonchev–Trinajstić information content (AvgIpc) is 3.65. The van der Waals surface area contributed by atoms with E-state index in [1.807, 2.05) is 11.3 Å². The van der Waals surface area contributed by atoms with Crippen molar-refractivity contribution < 1.29 is 4.79 Å². The van der Waals surface area contributed by atoms with Crippen molar-refractivity contribution in [3.05, 3.63) is 16.3 Å². The summed E-state index contributed by atoms with van der Waals surface area (Å²) in [7, 11) is 0. The van der Waals surface area contributed by atoms with Crippen molar-refractivity contribution in [3.8, 4) is 0 Å². The van der Waals surface area contributed by atoms with Crippen LogP contribution < -0.4 is 10.2 Å². The van der Waals surface area contributed by atoms with Gasteiger partial charge in [0.1, 0.15) is 16.5 Å². The van der Waals surface area contributed by atoms with E-state index in [0.29, 0.717) is 12.0 Å². The van der Waals surface area contributed by atoms with Crippen molar-refractivity contribution in [3.63, 3.8) is 0 Å². The molecule has 0 aromatic carbocycles. The van der Waals surface area contributed by atoms with Gasteiger partial charge in [-0.3, -0.25) is 4.79 Å². The maximum atomic E-state index is 12.7. The van der Waals surface area contributed by atoms with E-state index >= 15 is 0 Å². The molecule has 1 unspecified atom stereocenters. The van der Waals surface area contributed by atoms with Gasteiger partial charge in [0, 0.05) is 29.9 Å². The second-order valence-electron chi connectivity index (χ2n) is 9.14. The van der Waals surface area contributed by atoms with Crippen molar-refractivity contribution in [1.82, 2.24) is 15.3 Å². The first-order chi connectivity index (χ1) is 13.8. The van der Waals surface area contributed by atoms with Crippen molar-refractivity contribution in [2.24, 2.45) is 5.92 Å². The third-order valence-corrected chi connectivity index (χ3v) is 7.96. The summed E-state index contributed by atoms with van der Waals surface area (Å²) in [4.78, 5) is 28.0. The number of piperidine rings is 1. The van der Waals surface area contributed by atoms with Gasteiger partial charge < -0.3 is 10.2 Å². The predicted molar refractivity (Wildman–Crippen MR) is 112 cm³/mol. The molecule has 1 atom stereocenters. The number of aryl methyl sites for hydroxylation is 2. The summed E-state index contributed by atoms with van der Waals surface area (Å²) in [5, 5.41) is 4.53. The van der Waals surface area contributed by atoms with Crippen LogP contribution in [0.1, 0.15) is 73.5 Å². The number of carbonyl (C=O) groups excluding carboxylic acids is 1. The van der Waals surface area contributed by atoms with Gasteiger partial charge in [-0.2, -0.15) is 0 Å². The highest BCUT2D eigenvalue weighted by Crippen LogP contribution is 2.44. The van der Waals surface area contributed by atoms with E-state index in [9.17, 15) is 4.79 Å². The zero-order valence-electron chi connectivity index (χ0n) is 16.4. The van der Waals surface area contributed by atoms with E-state index in [2.05, 4.69) is 10.2 Å². The number of fused-ring (bicyclic) bond motifs is 3. The fourth-order valence-electron chi connectivity index (χ4n) is 4.84. The van der Waals surface area contributed by atoms with Crippen LogP contribution in [-0.2, 0) is 17.6 Å². The Labute approximate surface area is 169 Å². The average molecular weight is 397 g/mol. The van der Waals surface area contributed by atoms with Crippen molar-refractivity contribution in [1.29, 1.82) is 0 Å². The Morgan fingerprint density at radius 1 is 1.04 bits per heavy atom. The number of amides is 1. The van der Waals surface area contributed by atoms with Crippen molar-refractivity contribution in [2.45, 2.75) is 76.2 Å². The minimum Gasteiger partial charge on any atom is -0.355 e. The van der Waals surface area contributed by atoms with Crippen LogP contribution in [0, 0.1) is 5.92 Å². The first kappa shape index (κ1) is 17.2. The van der Waals surface area contributed by atoms with Gasteiger partial charge in [-0.25, -0.2) is 9.97 Å². The van der Waals surface area contributed by atoms with Gasteiger partial charge in [0.2, 0.25) is 5.91 Å². The lowest BCUT2D eigenvalue weighted by molar-refractivity contribution is -0.125. The molecule has 28 heavy (non-hydrogen) atoms. The van der Waals surface area contributed by atoms with Crippen LogP contribution >= 0.6 is 11.3 Å². The Morgan fingerprint density at radius 3 is 2.71 bits per heavy atom. The molecule has 0 bridgehead atoms. The van der Waals surface area contributed by atoms with Crippen LogP contribution in [0.5, 0.6) is 0 Å². The van der Waals surface area contributed by atoms with Crippen LogP contribution in [0.4, 0.5) is 5.82 Å². The number of thiophene rings is 1. The summed E-state index contributed by atoms with van der Waals surface area (Å²) >= 11 is 1.90. The summed E-state index contributed by atoms with van der Waals surface area (Å²) in [5.74, 6) is 3.09. The van der Waals surface area contributed by atoms with Gasteiger partial charge in [0.15, 0.2) is 0 Å². The van der Waals surface area contributed by atoms with E-state index < -0.39 is 0 Å². The third-order valence-electron chi connectivity index (χ3n) is 6.77. The van der Waals surface area contributed by atoms with Gasteiger partial charge in [-0.05, 0) is 69.8 Å². The summed E-state index contributed by atoms with van der Waals surface area (Å²) < 4.78 is 0. The minimum absolute atomic E-state index is 0.0956. The highest BCUT2D eigenvalue weighted by atomic mass is 32.1. The molecule has 3 aliphatic carbocycles. The zero-order chi connectivity index (χ0) is 18.7. The molecule has 3 fully saturated rings. The molecule has 0 radical (unpaired) electrons. The fraction of sp³-hybridized carbons (Fsp3) is 0.682. The SMILES string of the molecule is O=C(NC1CC1)C1CCCN(c2nc(C3CC3)nc3sc4c(c23)CCCC4)C1. The number of aromatic nitrogens is 2. The Hall–Kier alpha value is -1.69. The monoisotopic (exact) mass is 396 g/mol. The lowest BCUT2D eigenvalue weighted by Crippen LogP contribution is -2.44. The summed E-state index contributed by atoms with van der Waals surface area (Å²) in [6.45, 7) is 1.81. The number of nitrogens with one attached hydrogen (secondary N) is 1. The molecule has 148 valence electrons. The first-order valence-electron chi connectivity index (χ1n) is 11.1. The molecular weight excluding hydrogens is 368 g/mol. The molecule has 1 N–H and O–H groups in total. The van der Waals surface area contributed by atoms with Gasteiger partial charge in [-0.15, -0.1) is 11.3 Å². The summed E-state index contributed by atoms with van der Waals surface area (Å²) in [6.07, 6.45) is 11.8. The number of anilines is 1. The standard InChI is InChI=1S/C22H28N4OS/c27-21(23-15-9-10-15)14-4-3-11-26(12-14)20-18-16-5-1-2-6-17(16)28-22(18)25-19(24-20)13-7-8-13/h13-15H,1-12H2,(H,23,27). The summed E-state index contributed by atoms with van der Waals surface area (Å²) in [5.41, 5.74) is 1.51. The van der Waals surface area contributed by atoms with Gasteiger partial charge in [0.25, 0.3) is 0 Å². The zero-order valence-corrected chi connectivity index (χ0v) is 17.2. The molecule has 6 rings (SSSR count). The molecule has 2 aromatic heterocycles. The van der Waals surface area contributed by atoms with Crippen LogP contribution in [0.2, 0.25) is 0 Å². The number of carbonyl (C=O) groups is 1. The second kappa shape index (κ2) is 6.68. The molecule has 5 nitrogen and oxygen atoms in total. The summed E-state index contributed by atoms with van der Waals surface area (Å²) in [6, 6.07) is 0.444. The molecule has 3 heterocycles. The van der Waals surface area contributed by atoms with Crippen molar-refractivity contribution in [2.75, 3.05) is 18.0 Å². The first-order valence-corrected chi connectivity index (χ1v) is 12.0. The predicted octanol–water partition coefficient (Wildman–Crippen LogP) is 3.94. The number of hydrogen-bond acceptors (Lipinski definition) is 5. The lowest BCUT2D eigenvalue weighted by Gasteiger charge is -2.33. The van der Waals surface area contributed by atoms with Crippen LogP contribution in [0.15, 0.2) is 0 Å². The number of rotatable bonds is 4. The van der Waals surface area contributed by atoms with Crippen LogP contribution in [0.25, 0.3) is 10.2 Å². The van der Waals surface area contributed by atoms with Crippen LogP contribution in [-0.4, -0.2) is 35.0 Å². The highest BCUT2D eigenvalue weighted by molar-refractivity contribution is 7.19. The van der Waals surface area contributed by atoms with Crippen LogP contribution in [0.3, 0.4) is 0 Å². The molecule has 1 saturated heterocycles. The maximum absolute atomic E-state index is 12.7. The van der Waals surface area contributed by atoms with E-state index in [4.69, 9.17) is 9.97 Å². The molecule has 4 aliphatic rings. The molecule has 2 aromatic rings. The molecule has 1 amide bonds. The van der Waals surface area contributed by atoms with Gasteiger partial charge in [-0.1, -0.05) is 0 Å². The molecule has 6 heteroatoms. The van der Waals surface area contributed by atoms with E-state index in [1.54, 1.807) is 0 Å². The van der Waals surface area contributed by atoms with Gasteiger partial charge in [0.05, 0.1) is 11.3 Å². The number of hydrogen-bond donors (Lipinski definition) is 1. The lowest BCUT2D eigenvalue weighted by atomic mass is 9.95. The van der Waals surface area contributed by atoms with Crippen molar-refractivity contribution >= 4 is 33.3 Å². The van der Waals surface area contributed by atoms with Gasteiger partial charge >= 0.3 is 0 Å². The smallest absolute Gasteiger partial charge is 0.225 e. The number of nitrogens with zero attached hydrogens (tertiary/aromatic N) is 3. The second-order valence-corrected chi connectivity index (χ2v) is 10.2. The molecule has 0 spiro atoms. The Kier molecular flexibility index (Phi) is 4.10.